The molecule has 576 valence electrons. The van der Waals surface area contributed by atoms with Crippen LogP contribution in [0.4, 0.5) is 0 Å². The minimum atomic E-state index is -4.99. The number of aliphatic hydroxyl groups excluding tert-OH is 1. The average molecular weight is 1450 g/mol. The molecule has 0 rings (SSSR count). The van der Waals surface area contributed by atoms with E-state index < -0.39 is 97.5 Å². The molecule has 0 aliphatic carbocycles. The Morgan fingerprint density at radius 1 is 0.290 bits per heavy atom. The fourth-order valence-corrected chi connectivity index (χ4v) is 11.9. The van der Waals surface area contributed by atoms with Crippen LogP contribution >= 0.6 is 15.6 Å². The van der Waals surface area contributed by atoms with Crippen molar-refractivity contribution in [3.8, 4) is 0 Å². The summed E-state index contributed by atoms with van der Waals surface area (Å²) in [5, 5.41) is 10.6. The number of carbonyl (C=O) groups is 4. The van der Waals surface area contributed by atoms with Gasteiger partial charge in [-0.25, -0.2) is 9.13 Å². The highest BCUT2D eigenvalue weighted by Gasteiger charge is 2.30. The molecule has 17 nitrogen and oxygen atoms in total. The van der Waals surface area contributed by atoms with Crippen molar-refractivity contribution >= 4 is 39.5 Å². The third-order valence-electron chi connectivity index (χ3n) is 16.3. The fourth-order valence-electron chi connectivity index (χ4n) is 10.4. The number of unbranched alkanes of at least 4 members (excludes halogenated alkanes) is 29. The predicted molar refractivity (Wildman–Crippen MR) is 408 cm³/mol. The summed E-state index contributed by atoms with van der Waals surface area (Å²) >= 11 is 0. The van der Waals surface area contributed by atoms with Crippen LogP contribution in [-0.2, 0) is 65.4 Å². The van der Waals surface area contributed by atoms with E-state index in [1.807, 2.05) is 12.2 Å². The molecule has 0 heterocycles. The van der Waals surface area contributed by atoms with Crippen molar-refractivity contribution in [2.45, 2.75) is 341 Å². The molecule has 0 aromatic carbocycles. The van der Waals surface area contributed by atoms with Crippen LogP contribution in [0.2, 0.25) is 0 Å². The van der Waals surface area contributed by atoms with Gasteiger partial charge in [-0.3, -0.25) is 37.3 Å². The van der Waals surface area contributed by atoms with E-state index in [1.54, 1.807) is 0 Å². The van der Waals surface area contributed by atoms with Gasteiger partial charge in [-0.15, -0.1) is 0 Å². The Hall–Kier alpha value is -4.28. The molecule has 0 bridgehead atoms. The summed E-state index contributed by atoms with van der Waals surface area (Å²) < 4.78 is 68.5. The molecule has 3 N–H and O–H groups in total. The Balaban J connectivity index is 5.41. The largest absolute Gasteiger partial charge is 0.472 e. The Morgan fingerprint density at radius 3 is 0.840 bits per heavy atom. The molecule has 0 amide bonds. The Kier molecular flexibility index (Phi) is 69.9. The molecule has 0 aliphatic rings. The van der Waals surface area contributed by atoms with Gasteiger partial charge >= 0.3 is 39.5 Å². The van der Waals surface area contributed by atoms with Crippen LogP contribution in [0.25, 0.3) is 0 Å². The summed E-state index contributed by atoms with van der Waals surface area (Å²) in [6.45, 7) is 4.58. The molecular weight excluding hydrogens is 1310 g/mol. The van der Waals surface area contributed by atoms with E-state index in [-0.39, 0.29) is 25.7 Å². The predicted octanol–water partition coefficient (Wildman–Crippen LogP) is 22.6. The molecule has 19 heteroatoms. The van der Waals surface area contributed by atoms with Crippen molar-refractivity contribution in [2.75, 3.05) is 39.6 Å². The van der Waals surface area contributed by atoms with E-state index in [4.69, 9.17) is 37.0 Å². The monoisotopic (exact) mass is 1450 g/mol. The van der Waals surface area contributed by atoms with Gasteiger partial charge < -0.3 is 33.8 Å². The van der Waals surface area contributed by atoms with Crippen molar-refractivity contribution < 1.29 is 80.2 Å². The zero-order valence-electron chi connectivity index (χ0n) is 62.8. The van der Waals surface area contributed by atoms with Gasteiger partial charge in [0.15, 0.2) is 12.2 Å². The second-order valence-corrected chi connectivity index (χ2v) is 28.8. The lowest BCUT2D eigenvalue weighted by atomic mass is 10.0. The summed E-state index contributed by atoms with van der Waals surface area (Å²) in [5.74, 6) is -2.25. The molecule has 100 heavy (non-hydrogen) atoms. The number of esters is 4. The first-order chi connectivity index (χ1) is 48.7. The number of rotatable bonds is 73. The van der Waals surface area contributed by atoms with E-state index in [2.05, 4.69) is 125 Å². The zero-order valence-corrected chi connectivity index (χ0v) is 64.6. The molecule has 0 aliphatic heterocycles. The lowest BCUT2D eigenvalue weighted by molar-refractivity contribution is -0.161. The molecule has 0 saturated heterocycles. The van der Waals surface area contributed by atoms with E-state index in [9.17, 15) is 43.2 Å². The second-order valence-electron chi connectivity index (χ2n) is 25.9. The molecule has 0 spiro atoms. The average Bonchev–Trinajstić information content (AvgIpc) is 1.15. The number of phosphoric ester groups is 2. The lowest BCUT2D eigenvalue weighted by Gasteiger charge is -2.21. The summed E-state index contributed by atoms with van der Waals surface area (Å²) in [7, 11) is -9.97. The van der Waals surface area contributed by atoms with Gasteiger partial charge in [-0.05, 0) is 103 Å². The van der Waals surface area contributed by atoms with Gasteiger partial charge in [0.2, 0.25) is 0 Å². The molecule has 0 aromatic heterocycles. The van der Waals surface area contributed by atoms with Crippen LogP contribution in [0.3, 0.4) is 0 Å². The minimum Gasteiger partial charge on any atom is -0.462 e. The first kappa shape index (κ1) is 95.7. The van der Waals surface area contributed by atoms with Gasteiger partial charge in [0.25, 0.3) is 0 Å². The maximum absolute atomic E-state index is 13.1. The Labute approximate surface area is 607 Å². The maximum atomic E-state index is 13.1. The standard InChI is InChI=1S/C81H140O17P2/c1-5-9-13-17-21-25-29-33-35-37-39-43-46-50-54-58-62-66-79(84)92-72-77(98-81(86)68-64-60-56-52-48-44-40-38-36-34-30-26-22-18-14-10-6-2)74-96-100(89,90)94-70-75(82)69-93-99(87,88)95-73-76(97-80(85)67-63-59-55-51-47-42-32-28-24-20-16-12-8-4)71-91-78(83)65-61-57-53-49-45-41-31-27-23-19-15-11-7-3/h9-10,13-14,21-22,25-26,33-36,39-40,43-44,50,54,75-77,82H,5-8,11-12,15-20,23-24,27-32,37-38,41-42,45-49,51-53,55-74H2,1-4H3,(H,87,88)(H,89,90)/b13-9-,14-10-,25-21-,26-22-,35-33-,36-34-,43-39-,44-40-,54-50-. The van der Waals surface area contributed by atoms with Crippen molar-refractivity contribution in [1.29, 1.82) is 0 Å². The van der Waals surface area contributed by atoms with Gasteiger partial charge in [-0.1, -0.05) is 304 Å². The van der Waals surface area contributed by atoms with Crippen LogP contribution in [-0.4, -0.2) is 96.7 Å². The molecule has 5 atom stereocenters. The van der Waals surface area contributed by atoms with Crippen LogP contribution in [0, 0.1) is 0 Å². The van der Waals surface area contributed by atoms with E-state index in [0.29, 0.717) is 32.1 Å². The SMILES string of the molecule is CC/C=C\C/C=C\C/C=C\C/C=C\C/C=C\CCCC(=O)OCC(COP(=O)(O)OCC(O)COP(=O)(O)OCC(COC(=O)CCCCCCCCCCCCCCC)OC(=O)CCCCCCCCCCCCCCC)OC(=O)CCCCCC/C=C\C/C=C\C/C=C\C/C=C\CC. The minimum absolute atomic E-state index is 0.0535. The first-order valence-corrected chi connectivity index (χ1v) is 42.1. The van der Waals surface area contributed by atoms with Gasteiger partial charge in [0.05, 0.1) is 26.4 Å². The Bertz CT molecular complexity index is 2320. The van der Waals surface area contributed by atoms with Crippen LogP contribution < -0.4 is 0 Å². The molecule has 0 aromatic rings. The van der Waals surface area contributed by atoms with Crippen molar-refractivity contribution in [2.24, 2.45) is 0 Å². The lowest BCUT2D eigenvalue weighted by Crippen LogP contribution is -2.30. The molecular formula is C81H140O17P2. The summed E-state index contributed by atoms with van der Waals surface area (Å²) in [4.78, 5) is 72.9. The number of hydrogen-bond acceptors (Lipinski definition) is 15. The fraction of sp³-hybridized carbons (Fsp3) is 0.728. The number of ether oxygens (including phenoxy) is 4. The van der Waals surface area contributed by atoms with Gasteiger partial charge in [0.1, 0.15) is 19.3 Å². The molecule has 0 saturated carbocycles. The van der Waals surface area contributed by atoms with E-state index in [0.717, 1.165) is 128 Å². The molecule has 0 fully saturated rings. The van der Waals surface area contributed by atoms with Crippen molar-refractivity contribution in [3.05, 3.63) is 109 Å². The maximum Gasteiger partial charge on any atom is 0.472 e. The highest BCUT2D eigenvalue weighted by Crippen LogP contribution is 2.45. The third kappa shape index (κ3) is 72.1. The third-order valence-corrected chi connectivity index (χ3v) is 18.2. The Morgan fingerprint density at radius 2 is 0.530 bits per heavy atom. The number of hydrogen-bond donors (Lipinski definition) is 3. The molecule has 0 radical (unpaired) electrons. The zero-order chi connectivity index (χ0) is 73.2. The second kappa shape index (κ2) is 73.0. The van der Waals surface area contributed by atoms with E-state index in [1.165, 1.54) is 109 Å². The summed E-state index contributed by atoms with van der Waals surface area (Å²) in [6.07, 6.45) is 77.9. The van der Waals surface area contributed by atoms with Crippen LogP contribution in [0.15, 0.2) is 109 Å². The van der Waals surface area contributed by atoms with Crippen LogP contribution in [0.5, 0.6) is 0 Å². The van der Waals surface area contributed by atoms with Gasteiger partial charge in [-0.2, -0.15) is 0 Å². The highest BCUT2D eigenvalue weighted by molar-refractivity contribution is 7.47. The summed E-state index contributed by atoms with van der Waals surface area (Å²) in [6, 6.07) is 0. The molecule has 5 unspecified atom stereocenters. The van der Waals surface area contributed by atoms with Crippen LogP contribution in [0.1, 0.15) is 323 Å². The summed E-state index contributed by atoms with van der Waals surface area (Å²) in [5.41, 5.74) is 0. The smallest absolute Gasteiger partial charge is 0.462 e. The highest BCUT2D eigenvalue weighted by atomic mass is 31.2. The number of aliphatic hydroxyl groups is 1. The number of allylic oxidation sites excluding steroid dienone is 18. The van der Waals surface area contributed by atoms with Gasteiger partial charge in [0, 0.05) is 25.7 Å². The quantitative estimate of drug-likeness (QED) is 0.0169. The normalized spacial score (nSPS) is 14.5. The number of phosphoric acid groups is 2. The topological polar surface area (TPSA) is 237 Å². The number of carbonyl (C=O) groups excluding carboxylic acids is 4. The van der Waals surface area contributed by atoms with Crippen molar-refractivity contribution in [3.63, 3.8) is 0 Å². The first-order valence-electron chi connectivity index (χ1n) is 39.1. The van der Waals surface area contributed by atoms with E-state index >= 15 is 0 Å². The van der Waals surface area contributed by atoms with Crippen molar-refractivity contribution in [1.82, 2.24) is 0 Å².